The maximum atomic E-state index is 13.3. The molecule has 0 aromatic rings. The molecular weight excluding hydrogens is 223 g/mol. The van der Waals surface area contributed by atoms with E-state index >= 15 is 0 Å². The number of esters is 2. The van der Waals surface area contributed by atoms with Crippen LogP contribution in [0.2, 0.25) is 0 Å². The Labute approximate surface area is 91.3 Å². The van der Waals surface area contributed by atoms with Crippen molar-refractivity contribution in [3.63, 3.8) is 0 Å². The van der Waals surface area contributed by atoms with Crippen molar-refractivity contribution in [2.75, 3.05) is 7.11 Å². The molecule has 1 saturated heterocycles. The summed E-state index contributed by atoms with van der Waals surface area (Å²) in [6.07, 6.45) is -6.16. The van der Waals surface area contributed by atoms with Crippen LogP contribution in [0.1, 0.15) is 13.3 Å². The highest BCUT2D eigenvalue weighted by molar-refractivity contribution is 5.70. The minimum atomic E-state index is -1.86. The van der Waals surface area contributed by atoms with Gasteiger partial charge in [-0.15, -0.1) is 0 Å². The number of alkyl halides is 1. The molecule has 1 unspecified atom stereocenters. The van der Waals surface area contributed by atoms with Gasteiger partial charge in [0.15, 0.2) is 18.6 Å². The third kappa shape index (κ3) is 2.89. The van der Waals surface area contributed by atoms with Crippen molar-refractivity contribution in [1.29, 1.82) is 0 Å². The van der Waals surface area contributed by atoms with E-state index in [4.69, 9.17) is 9.84 Å². The summed E-state index contributed by atoms with van der Waals surface area (Å²) in [7, 11) is 1.17. The lowest BCUT2D eigenvalue weighted by molar-refractivity contribution is -0.157. The summed E-state index contributed by atoms with van der Waals surface area (Å²) in [6, 6.07) is 0. The molecule has 6 nitrogen and oxygen atoms in total. The molecule has 0 amide bonds. The summed E-state index contributed by atoms with van der Waals surface area (Å²) in [4.78, 5) is 21.7. The molecule has 4 atom stereocenters. The van der Waals surface area contributed by atoms with Crippen molar-refractivity contribution >= 4 is 11.9 Å². The molecule has 1 N–H and O–H groups in total. The average Bonchev–Trinajstić information content (AvgIpc) is 2.45. The minimum absolute atomic E-state index is 0.286. The van der Waals surface area contributed by atoms with E-state index in [-0.39, 0.29) is 6.42 Å². The van der Waals surface area contributed by atoms with Crippen molar-refractivity contribution in [1.82, 2.24) is 0 Å². The molecule has 1 aliphatic heterocycles. The molecule has 1 fully saturated rings. The van der Waals surface area contributed by atoms with Crippen LogP contribution in [0.3, 0.4) is 0 Å². The quantitative estimate of drug-likeness (QED) is 0.667. The van der Waals surface area contributed by atoms with Gasteiger partial charge in [0, 0.05) is 6.92 Å². The highest BCUT2D eigenvalue weighted by Crippen LogP contribution is 2.27. The second kappa shape index (κ2) is 5.22. The molecule has 92 valence electrons. The van der Waals surface area contributed by atoms with Crippen LogP contribution >= 0.6 is 0 Å². The zero-order chi connectivity index (χ0) is 12.3. The second-order valence-electron chi connectivity index (χ2n) is 3.36. The average molecular weight is 236 g/mol. The topological polar surface area (TPSA) is 82.1 Å². The van der Waals surface area contributed by atoms with E-state index in [0.29, 0.717) is 0 Å². The molecule has 0 aliphatic carbocycles. The van der Waals surface area contributed by atoms with Gasteiger partial charge in [-0.1, -0.05) is 0 Å². The number of aliphatic hydroxyl groups is 1. The SMILES string of the molecule is COC(=O)C[C@H]1OC(O)[C@@H](F)[C@@H]1OC(C)=O. The number of carbonyl (C=O) groups is 2. The summed E-state index contributed by atoms with van der Waals surface area (Å²) >= 11 is 0. The normalized spacial score (nSPS) is 33.5. The zero-order valence-corrected chi connectivity index (χ0v) is 8.88. The maximum absolute atomic E-state index is 13.3. The number of ether oxygens (including phenoxy) is 3. The highest BCUT2D eigenvalue weighted by atomic mass is 19.1. The third-order valence-electron chi connectivity index (χ3n) is 2.16. The minimum Gasteiger partial charge on any atom is -0.469 e. The fraction of sp³-hybridized carbons (Fsp3) is 0.778. The number of carbonyl (C=O) groups excluding carboxylic acids is 2. The fourth-order valence-corrected chi connectivity index (χ4v) is 1.44. The summed E-state index contributed by atoms with van der Waals surface area (Å²) in [6.45, 7) is 1.10. The molecule has 0 bridgehead atoms. The van der Waals surface area contributed by atoms with Gasteiger partial charge >= 0.3 is 11.9 Å². The highest BCUT2D eigenvalue weighted by Gasteiger charge is 2.47. The van der Waals surface area contributed by atoms with Gasteiger partial charge in [0.05, 0.1) is 13.5 Å². The first-order valence-corrected chi connectivity index (χ1v) is 4.67. The molecule has 0 spiro atoms. The van der Waals surface area contributed by atoms with Crippen LogP contribution in [0.15, 0.2) is 0 Å². The Morgan fingerprint density at radius 2 is 2.12 bits per heavy atom. The first-order chi connectivity index (χ1) is 7.45. The smallest absolute Gasteiger partial charge is 0.308 e. The molecule has 16 heavy (non-hydrogen) atoms. The van der Waals surface area contributed by atoms with Crippen molar-refractivity contribution in [2.24, 2.45) is 0 Å². The maximum Gasteiger partial charge on any atom is 0.308 e. The van der Waals surface area contributed by atoms with Crippen LogP contribution in [0.4, 0.5) is 4.39 Å². The van der Waals surface area contributed by atoms with E-state index in [0.717, 1.165) is 6.92 Å². The Morgan fingerprint density at radius 3 is 2.62 bits per heavy atom. The summed E-state index contributed by atoms with van der Waals surface area (Å²) in [5, 5.41) is 9.10. The first kappa shape index (κ1) is 12.9. The number of halogens is 1. The Balaban J connectivity index is 2.66. The predicted octanol–water partition coefficient (Wildman–Crippen LogP) is -0.464. The standard InChI is InChI=1S/C9H13FO6/c1-4(11)15-8-5(3-6(12)14-2)16-9(13)7(8)10/h5,7-9,13H,3H2,1-2H3/t5-,7+,8-,9?/m1/s1. The molecular formula is C9H13FO6. The Hall–Kier alpha value is -1.21. The molecule has 0 radical (unpaired) electrons. The Bertz CT molecular complexity index is 281. The van der Waals surface area contributed by atoms with Gasteiger partial charge in [0.2, 0.25) is 0 Å². The number of methoxy groups -OCH3 is 1. The van der Waals surface area contributed by atoms with E-state index in [1.54, 1.807) is 0 Å². The first-order valence-electron chi connectivity index (χ1n) is 4.67. The number of hydrogen-bond acceptors (Lipinski definition) is 6. The Kier molecular flexibility index (Phi) is 4.19. The lowest BCUT2D eigenvalue weighted by Crippen LogP contribution is -2.35. The largest absolute Gasteiger partial charge is 0.469 e. The van der Waals surface area contributed by atoms with Crippen LogP contribution in [0.5, 0.6) is 0 Å². The molecule has 1 heterocycles. The van der Waals surface area contributed by atoms with Crippen molar-refractivity contribution in [3.05, 3.63) is 0 Å². The van der Waals surface area contributed by atoms with Crippen LogP contribution < -0.4 is 0 Å². The van der Waals surface area contributed by atoms with Gasteiger partial charge in [-0.05, 0) is 0 Å². The second-order valence-corrected chi connectivity index (χ2v) is 3.36. The van der Waals surface area contributed by atoms with Gasteiger partial charge in [0.25, 0.3) is 0 Å². The van der Waals surface area contributed by atoms with Crippen LogP contribution in [0.25, 0.3) is 0 Å². The van der Waals surface area contributed by atoms with Gasteiger partial charge in [0.1, 0.15) is 6.10 Å². The van der Waals surface area contributed by atoms with Gasteiger partial charge in [-0.3, -0.25) is 9.59 Å². The predicted molar refractivity (Wildman–Crippen MR) is 48.0 cm³/mol. The van der Waals surface area contributed by atoms with E-state index in [9.17, 15) is 14.0 Å². The van der Waals surface area contributed by atoms with E-state index in [1.165, 1.54) is 7.11 Å². The van der Waals surface area contributed by atoms with Crippen molar-refractivity contribution < 1.29 is 33.3 Å². The monoisotopic (exact) mass is 236 g/mol. The summed E-state index contributed by atoms with van der Waals surface area (Å²) in [5.74, 6) is -1.34. The van der Waals surface area contributed by atoms with Crippen LogP contribution in [0, 0.1) is 0 Å². The van der Waals surface area contributed by atoms with Crippen molar-refractivity contribution in [3.8, 4) is 0 Å². The van der Waals surface area contributed by atoms with E-state index in [1.807, 2.05) is 0 Å². The van der Waals surface area contributed by atoms with Crippen LogP contribution in [-0.4, -0.2) is 48.8 Å². The number of aliphatic hydroxyl groups excluding tert-OH is 1. The molecule has 1 aliphatic rings. The van der Waals surface area contributed by atoms with Crippen molar-refractivity contribution in [2.45, 2.75) is 38.0 Å². The zero-order valence-electron chi connectivity index (χ0n) is 8.88. The summed E-state index contributed by atoms with van der Waals surface area (Å²) < 4.78 is 27.1. The molecule has 1 rings (SSSR count). The molecule has 0 saturated carbocycles. The van der Waals surface area contributed by atoms with E-state index < -0.39 is 36.6 Å². The van der Waals surface area contributed by atoms with Gasteiger partial charge < -0.3 is 19.3 Å². The van der Waals surface area contributed by atoms with Gasteiger partial charge in [-0.2, -0.15) is 0 Å². The fourth-order valence-electron chi connectivity index (χ4n) is 1.44. The Morgan fingerprint density at radius 1 is 1.50 bits per heavy atom. The molecule has 7 heteroatoms. The van der Waals surface area contributed by atoms with Crippen LogP contribution in [-0.2, 0) is 23.8 Å². The molecule has 0 aromatic heterocycles. The third-order valence-corrected chi connectivity index (χ3v) is 2.16. The summed E-state index contributed by atoms with van der Waals surface area (Å²) in [5.41, 5.74) is 0. The lowest BCUT2D eigenvalue weighted by atomic mass is 10.1. The number of rotatable bonds is 3. The van der Waals surface area contributed by atoms with E-state index in [2.05, 4.69) is 9.47 Å². The number of hydrogen-bond donors (Lipinski definition) is 1. The molecule has 0 aromatic carbocycles. The lowest BCUT2D eigenvalue weighted by Gasteiger charge is -2.17. The van der Waals surface area contributed by atoms with Gasteiger partial charge in [-0.25, -0.2) is 4.39 Å².